The number of hydrogen-bond acceptors (Lipinski definition) is 5. The molecule has 1 aliphatic heterocycles. The highest BCUT2D eigenvalue weighted by Gasteiger charge is 2.52. The summed E-state index contributed by atoms with van der Waals surface area (Å²) in [5.74, 6) is -0.0243. The summed E-state index contributed by atoms with van der Waals surface area (Å²) in [6.07, 6.45) is 1.21. The predicted octanol–water partition coefficient (Wildman–Crippen LogP) is 4.59. The number of rotatable bonds is 4. The van der Waals surface area contributed by atoms with Crippen molar-refractivity contribution in [2.45, 2.75) is 65.3 Å². The van der Waals surface area contributed by atoms with Crippen molar-refractivity contribution in [2.75, 3.05) is 6.54 Å². The summed E-state index contributed by atoms with van der Waals surface area (Å²) in [6.45, 7) is 13.3. The van der Waals surface area contributed by atoms with E-state index in [4.69, 9.17) is 25.6 Å². The van der Waals surface area contributed by atoms with Gasteiger partial charge in [-0.3, -0.25) is 0 Å². The maximum atomic E-state index is 12.1. The third-order valence-electron chi connectivity index (χ3n) is 4.74. The first-order chi connectivity index (χ1) is 12.7. The number of nitrogens with one attached hydrogen (secondary N) is 1. The average molecular weight is 410 g/mol. The first-order valence-corrected chi connectivity index (χ1v) is 9.60. The molecule has 1 amide bonds. The van der Waals surface area contributed by atoms with Crippen molar-refractivity contribution in [1.29, 1.82) is 0 Å². The fourth-order valence-corrected chi connectivity index (χ4v) is 2.71. The fourth-order valence-electron chi connectivity index (χ4n) is 2.53. The molecule has 0 bridgehead atoms. The van der Waals surface area contributed by atoms with Gasteiger partial charge in [-0.2, -0.15) is 0 Å². The molecule has 1 aromatic carbocycles. The number of carbonyl (C=O) groups excluding carboxylic acids is 1. The third-order valence-corrected chi connectivity index (χ3v) is 5.15. The normalized spacial score (nSPS) is 18.9. The molecule has 0 saturated carbocycles. The maximum absolute atomic E-state index is 12.1. The molecule has 0 unspecified atom stereocenters. The van der Waals surface area contributed by atoms with Gasteiger partial charge in [0, 0.05) is 6.54 Å². The molecule has 1 aliphatic rings. The van der Waals surface area contributed by atoms with Crippen LogP contribution in [-0.4, -0.2) is 41.7 Å². The van der Waals surface area contributed by atoms with E-state index in [1.54, 1.807) is 39.0 Å². The van der Waals surface area contributed by atoms with Crippen molar-refractivity contribution in [3.8, 4) is 5.75 Å². The lowest BCUT2D eigenvalue weighted by Crippen LogP contribution is -2.41. The summed E-state index contributed by atoms with van der Waals surface area (Å²) in [5.41, 5.74) is -0.432. The standard InChI is InChI=1S/C20H29BClNO5/c1-18(2,3)26-17(25)23-12-14(11-13-9-8-10-15(24)16(13)22)21-27-19(4,5)20(6,7)28-21/h8-11,24H,12H2,1-7H3,(H,23,25). The van der Waals surface area contributed by atoms with E-state index in [2.05, 4.69) is 5.32 Å². The minimum Gasteiger partial charge on any atom is -0.506 e. The Morgan fingerprint density at radius 2 is 1.82 bits per heavy atom. The van der Waals surface area contributed by atoms with E-state index in [1.165, 1.54) is 6.07 Å². The molecule has 1 fully saturated rings. The van der Waals surface area contributed by atoms with Gasteiger partial charge in [-0.25, -0.2) is 4.79 Å². The van der Waals surface area contributed by atoms with E-state index >= 15 is 0 Å². The monoisotopic (exact) mass is 409 g/mol. The Balaban J connectivity index is 2.30. The lowest BCUT2D eigenvalue weighted by Gasteiger charge is -2.32. The number of benzene rings is 1. The highest BCUT2D eigenvalue weighted by Crippen LogP contribution is 2.39. The minimum absolute atomic E-state index is 0.0243. The molecule has 6 nitrogen and oxygen atoms in total. The number of halogens is 1. The number of carbonyl (C=O) groups is 1. The van der Waals surface area contributed by atoms with Gasteiger partial charge in [0.15, 0.2) is 0 Å². The van der Waals surface area contributed by atoms with Crippen molar-refractivity contribution < 1.29 is 23.9 Å². The van der Waals surface area contributed by atoms with Gasteiger partial charge >= 0.3 is 13.2 Å². The van der Waals surface area contributed by atoms with Gasteiger partial charge in [-0.1, -0.05) is 29.8 Å². The molecular weight excluding hydrogens is 380 g/mol. The van der Waals surface area contributed by atoms with Gasteiger partial charge in [0.1, 0.15) is 11.4 Å². The summed E-state index contributed by atoms with van der Waals surface area (Å²) < 4.78 is 17.5. The van der Waals surface area contributed by atoms with Crippen molar-refractivity contribution >= 4 is 30.9 Å². The van der Waals surface area contributed by atoms with E-state index < -0.39 is 30.0 Å². The van der Waals surface area contributed by atoms with Gasteiger partial charge < -0.3 is 24.5 Å². The predicted molar refractivity (Wildman–Crippen MR) is 111 cm³/mol. The lowest BCUT2D eigenvalue weighted by molar-refractivity contribution is 0.00578. The average Bonchev–Trinajstić information content (AvgIpc) is 2.74. The van der Waals surface area contributed by atoms with Gasteiger partial charge in [0.2, 0.25) is 0 Å². The number of phenols is 1. The number of phenolic OH excluding ortho intramolecular Hbond substituents is 1. The van der Waals surface area contributed by atoms with E-state index in [0.717, 1.165) is 0 Å². The number of amides is 1. The van der Waals surface area contributed by atoms with Crippen LogP contribution in [-0.2, 0) is 14.0 Å². The number of aromatic hydroxyl groups is 1. The molecule has 8 heteroatoms. The summed E-state index contributed by atoms with van der Waals surface area (Å²) in [6, 6.07) is 4.96. The van der Waals surface area contributed by atoms with Gasteiger partial charge in [-0.15, -0.1) is 0 Å². The van der Waals surface area contributed by atoms with Crippen LogP contribution in [0.4, 0.5) is 4.79 Å². The Kier molecular flexibility index (Phi) is 6.43. The molecule has 0 radical (unpaired) electrons. The highest BCUT2D eigenvalue weighted by molar-refractivity contribution is 6.56. The Morgan fingerprint density at radius 1 is 1.25 bits per heavy atom. The summed E-state index contributed by atoms with van der Waals surface area (Å²) in [7, 11) is -0.682. The van der Waals surface area contributed by atoms with Crippen LogP contribution in [0.5, 0.6) is 5.75 Å². The molecule has 0 aliphatic carbocycles. The summed E-state index contributed by atoms with van der Waals surface area (Å²) in [4.78, 5) is 12.1. The molecule has 28 heavy (non-hydrogen) atoms. The molecule has 2 rings (SSSR count). The lowest BCUT2D eigenvalue weighted by atomic mass is 9.77. The van der Waals surface area contributed by atoms with E-state index in [-0.39, 0.29) is 17.3 Å². The second-order valence-electron chi connectivity index (χ2n) is 8.84. The van der Waals surface area contributed by atoms with Crippen LogP contribution in [0.3, 0.4) is 0 Å². The fraction of sp³-hybridized carbons (Fsp3) is 0.550. The zero-order valence-electron chi connectivity index (χ0n) is 17.6. The quantitative estimate of drug-likeness (QED) is 0.711. The molecule has 154 valence electrons. The summed E-state index contributed by atoms with van der Waals surface area (Å²) in [5, 5.41) is 12.8. The second-order valence-corrected chi connectivity index (χ2v) is 9.22. The van der Waals surface area contributed by atoms with Crippen LogP contribution in [0.1, 0.15) is 54.0 Å². The van der Waals surface area contributed by atoms with Crippen LogP contribution in [0.2, 0.25) is 5.02 Å². The first kappa shape index (κ1) is 22.6. The summed E-state index contributed by atoms with van der Waals surface area (Å²) >= 11 is 6.22. The van der Waals surface area contributed by atoms with Crippen LogP contribution < -0.4 is 5.32 Å². The van der Waals surface area contributed by atoms with Crippen molar-refractivity contribution in [3.05, 3.63) is 34.3 Å². The van der Waals surface area contributed by atoms with Crippen LogP contribution in [0.15, 0.2) is 23.7 Å². The Morgan fingerprint density at radius 3 is 2.36 bits per heavy atom. The van der Waals surface area contributed by atoms with Crippen LogP contribution >= 0.6 is 11.6 Å². The molecule has 1 heterocycles. The number of hydrogen-bond donors (Lipinski definition) is 2. The second kappa shape index (κ2) is 7.97. The van der Waals surface area contributed by atoms with Gasteiger partial charge in [0.05, 0.1) is 16.2 Å². The van der Waals surface area contributed by atoms with Crippen LogP contribution in [0, 0.1) is 0 Å². The molecule has 1 saturated heterocycles. The molecule has 0 aromatic heterocycles. The Hall–Kier alpha value is -1.70. The molecule has 0 atom stereocenters. The Bertz CT molecular complexity index is 754. The SMILES string of the molecule is CC(C)(C)OC(=O)NCC(=Cc1cccc(O)c1Cl)B1OC(C)(C)C(C)(C)O1. The van der Waals surface area contributed by atoms with Gasteiger partial charge in [0.25, 0.3) is 0 Å². The maximum Gasteiger partial charge on any atom is 0.492 e. The number of ether oxygens (including phenoxy) is 1. The first-order valence-electron chi connectivity index (χ1n) is 9.22. The molecule has 2 N–H and O–H groups in total. The Labute approximate surface area is 172 Å². The molecule has 1 aromatic rings. The largest absolute Gasteiger partial charge is 0.506 e. The zero-order chi connectivity index (χ0) is 21.3. The number of alkyl carbamates (subject to hydrolysis) is 1. The molecule has 0 spiro atoms. The minimum atomic E-state index is -0.682. The van der Waals surface area contributed by atoms with Crippen molar-refractivity contribution in [3.63, 3.8) is 0 Å². The highest BCUT2D eigenvalue weighted by atomic mass is 35.5. The zero-order valence-corrected chi connectivity index (χ0v) is 18.3. The van der Waals surface area contributed by atoms with Crippen molar-refractivity contribution in [1.82, 2.24) is 5.32 Å². The topological polar surface area (TPSA) is 77.0 Å². The van der Waals surface area contributed by atoms with Crippen molar-refractivity contribution in [2.24, 2.45) is 0 Å². The van der Waals surface area contributed by atoms with E-state index in [1.807, 2.05) is 27.7 Å². The van der Waals surface area contributed by atoms with Crippen LogP contribution in [0.25, 0.3) is 6.08 Å². The van der Waals surface area contributed by atoms with E-state index in [0.29, 0.717) is 11.0 Å². The smallest absolute Gasteiger partial charge is 0.492 e. The molecular formula is C20H29BClNO5. The van der Waals surface area contributed by atoms with Gasteiger partial charge in [-0.05, 0) is 65.6 Å². The van der Waals surface area contributed by atoms with E-state index in [9.17, 15) is 9.90 Å². The third kappa shape index (κ3) is 5.43.